The van der Waals surface area contributed by atoms with E-state index in [-0.39, 0.29) is 95.8 Å². The molecule has 0 radical (unpaired) electrons. The highest BCUT2D eigenvalue weighted by Gasteiger charge is 2.57. The molecule has 5 N–H and O–H groups in total. The fourth-order valence-corrected chi connectivity index (χ4v) is 17.7. The van der Waals surface area contributed by atoms with E-state index < -0.39 is 106 Å². The molecule has 2 atom stereocenters. The number of aromatic nitrogens is 2. The fraction of sp³-hybridized carbons (Fsp3) is 0.340. The summed E-state index contributed by atoms with van der Waals surface area (Å²) in [6.07, 6.45) is -11.9. The number of nitrogens with zero attached hydrogens (tertiary/aromatic N) is 2. The number of aliphatic carboxylic acids is 1. The smallest absolute Gasteiger partial charge is 0.481 e. The number of carboxylic acid groups (broad SMARTS) is 1. The number of halogens is 14. The molecule has 6 heterocycles. The summed E-state index contributed by atoms with van der Waals surface area (Å²) in [6, 6.07) is 66.7. The van der Waals surface area contributed by atoms with E-state index in [0.717, 1.165) is 44.4 Å². The zero-order valence-corrected chi connectivity index (χ0v) is 80.2. The Balaban J connectivity index is 0.000000143. The van der Waals surface area contributed by atoms with Crippen molar-refractivity contribution in [1.29, 1.82) is 0 Å². The molecule has 0 amide bonds. The molecule has 0 saturated heterocycles. The first-order chi connectivity index (χ1) is 67.0. The number of fused-ring (bicyclic) bond motifs is 6. The molecule has 2 aromatic heterocycles. The van der Waals surface area contributed by atoms with Gasteiger partial charge in [-0.3, -0.25) is 19.2 Å². The van der Waals surface area contributed by atoms with Crippen LogP contribution in [-0.2, 0) is 125 Å². The van der Waals surface area contributed by atoms with Gasteiger partial charge >= 0.3 is 39.4 Å². The number of anilines is 1. The second kappa shape index (κ2) is 41.8. The molecule has 0 bridgehead atoms. The molecule has 4 saturated carbocycles. The lowest BCUT2D eigenvalue weighted by atomic mass is 9.87. The van der Waals surface area contributed by atoms with Crippen molar-refractivity contribution in [3.63, 3.8) is 0 Å². The Morgan fingerprint density at radius 3 is 0.986 bits per heavy atom. The van der Waals surface area contributed by atoms with Gasteiger partial charge in [-0.25, -0.2) is 8.78 Å². The Labute approximate surface area is 827 Å². The molecule has 8 aliphatic rings. The highest BCUT2D eigenvalue weighted by molar-refractivity contribution is 8.31. The minimum atomic E-state index is -3.76. The second-order valence-corrected chi connectivity index (χ2v) is 41.1. The van der Waals surface area contributed by atoms with Crippen LogP contribution in [-0.4, -0.2) is 119 Å². The van der Waals surface area contributed by atoms with E-state index >= 15 is 4.39 Å². The number of benzene rings is 10. The molecule has 12 aromatic rings. The van der Waals surface area contributed by atoms with E-state index in [4.69, 9.17) is 61.4 Å². The number of carbonyl (C=O) groups is 4. The van der Waals surface area contributed by atoms with Crippen LogP contribution < -0.4 is 43.6 Å². The number of nitrogens with two attached hydrogens (primary N) is 1. The normalized spacial score (nSPS) is 17.4. The van der Waals surface area contributed by atoms with E-state index in [1.54, 1.807) is 30.3 Å². The number of ketones is 1. The molecule has 10 aromatic carbocycles. The van der Waals surface area contributed by atoms with Gasteiger partial charge in [-0.05, 0) is 204 Å². The van der Waals surface area contributed by atoms with Crippen LogP contribution in [0.15, 0.2) is 231 Å². The number of carbonyl (C=O) groups excluding carboxylic acids is 3. The average Bonchev–Trinajstić information content (AvgIpc) is 1.55. The highest BCUT2D eigenvalue weighted by Crippen LogP contribution is 2.57. The number of aliphatic hydroxyl groups excluding tert-OH is 2. The van der Waals surface area contributed by atoms with Crippen LogP contribution in [0.25, 0.3) is 21.8 Å². The summed E-state index contributed by atoms with van der Waals surface area (Å²) in [5.41, 5.74) is 11.4. The summed E-state index contributed by atoms with van der Waals surface area (Å²) in [5, 5.41) is 31.6. The number of ether oxygens (including phenoxy) is 12. The van der Waals surface area contributed by atoms with Crippen molar-refractivity contribution in [2.75, 3.05) is 32.2 Å². The molecule has 0 unspecified atom stereocenters. The first-order valence-corrected chi connectivity index (χ1v) is 48.6. The molecule has 752 valence electrons. The summed E-state index contributed by atoms with van der Waals surface area (Å²) >= 11 is 11.0. The maximum absolute atomic E-state index is 16.0. The number of carboxylic acids is 1. The molecule has 4 fully saturated rings. The minimum Gasteiger partial charge on any atom is -0.481 e. The molecule has 4 aliphatic carbocycles. The molecule has 20 rings (SSSR count). The first-order valence-electron chi connectivity index (χ1n) is 44.7. The summed E-state index contributed by atoms with van der Waals surface area (Å²) in [7, 11) is 4.81. The van der Waals surface area contributed by atoms with Gasteiger partial charge in [0.25, 0.3) is 0 Å². The number of aliphatic hydroxyl groups is 2. The standard InChI is InChI=1S/C41H40F3NO6.C29H33FN2O3.2C11H7ClF2O3.C11H8F2O4.Cl2O2S/c1-39(2,26-49-24-28-11-7-4-8-12-28)37-18-30-17-29(19-38(47)40(15-16-40)31-13-14-35-36(20-31)51-41(43,44)50-35)33(42)21-34(30)45(37)22-32(46)25-48-23-27-9-5-3-6-10-27;1-29(2,20-35-18-22-11-7-4-8-12-22)28-14-23-13-26(31)25(30)15-27(23)32(28)16-24(33)19-34-17-21-9-5-3-6-10-21;2*12-9(15)10(3-4-10)6-1-2-7-8(5-6)17-11(13,14)16-7;12-11(13)16-7-2-1-6(5-8(7)17-11)10(3-4-10)9(14)15;1-5(2,3)4/h3-14,17-18,20-21,32,46H,15-16,19,22-26H2,1-2H3;3-15,24,33H,16-20,31H2,1-2H3;2*1-2,5H,3-4H2;1-2,5H,3-4H2,(H,14,15);/t32-;24-;;;;/m11..../s1. The van der Waals surface area contributed by atoms with E-state index in [1.165, 1.54) is 66.7 Å². The van der Waals surface area contributed by atoms with Gasteiger partial charge in [-0.1, -0.05) is 173 Å². The number of Topliss-reactive ketones (excluding diaryl/α,β-unsaturated/α-hetero) is 1. The SMILES string of the molecule is CC(C)(COCc1ccccc1)c1cc2cc(CC(=O)C3(c4ccc5c(c4)OC(F)(F)O5)CC3)c(F)cc2n1C[C@@H](O)COCc1ccccc1.CC(C)(COCc1ccccc1)c1cc2cc(N)c(F)cc2n1C[C@@H](O)COCc1ccccc1.O=C(Cl)C1(c2ccc3c(c2)OC(F)(F)O3)CC1.O=C(Cl)C1(c2ccc3c(c2)OC(F)(F)O3)CC1.O=C(O)C1(c2ccc3c(c2)OC(F)(F)O3)CC1.O=S(=O)(Cl)Cl. The largest absolute Gasteiger partial charge is 0.586 e. The predicted octanol–water partition coefficient (Wildman–Crippen LogP) is 21.9. The third kappa shape index (κ3) is 25.3. The zero-order valence-electron chi connectivity index (χ0n) is 76.4. The van der Waals surface area contributed by atoms with Gasteiger partial charge in [0, 0.05) is 66.8 Å². The lowest BCUT2D eigenvalue weighted by Gasteiger charge is -2.28. The zero-order chi connectivity index (χ0) is 102. The molecule has 39 heteroatoms. The predicted molar refractivity (Wildman–Crippen MR) is 504 cm³/mol. The van der Waals surface area contributed by atoms with E-state index in [0.29, 0.717) is 124 Å². The first kappa shape index (κ1) is 104. The van der Waals surface area contributed by atoms with Crippen molar-refractivity contribution in [3.05, 3.63) is 304 Å². The minimum absolute atomic E-state index is 0.0310. The highest BCUT2D eigenvalue weighted by atomic mass is 36.0. The lowest BCUT2D eigenvalue weighted by Crippen LogP contribution is -2.30. The molecule has 142 heavy (non-hydrogen) atoms. The van der Waals surface area contributed by atoms with Gasteiger partial charge in [0.05, 0.1) is 117 Å². The maximum Gasteiger partial charge on any atom is 0.586 e. The van der Waals surface area contributed by atoms with Crippen LogP contribution in [0, 0.1) is 11.6 Å². The lowest BCUT2D eigenvalue weighted by molar-refractivity contribution is -0.287. The summed E-state index contributed by atoms with van der Waals surface area (Å²) in [6.45, 7) is 11.4. The Bertz CT molecular complexity index is 6530. The molecular formula is C103H95Cl4F10N3O21S. The Morgan fingerprint density at radius 2 is 0.683 bits per heavy atom. The van der Waals surface area contributed by atoms with Crippen molar-refractivity contribution in [2.45, 2.75) is 195 Å². The Hall–Kier alpha value is -11.9. The number of hydrogen-bond acceptors (Lipinski definition) is 21. The van der Waals surface area contributed by atoms with Crippen LogP contribution in [0.1, 0.15) is 141 Å². The van der Waals surface area contributed by atoms with Gasteiger partial charge in [0.15, 0.2) is 46.0 Å². The van der Waals surface area contributed by atoms with Crippen molar-refractivity contribution >= 4 is 103 Å². The number of nitrogen functional groups attached to an aromatic ring is 1. The van der Waals surface area contributed by atoms with Gasteiger partial charge in [-0.15, -0.1) is 35.1 Å². The Morgan fingerprint density at radius 1 is 0.401 bits per heavy atom. The van der Waals surface area contributed by atoms with Crippen molar-refractivity contribution in [3.8, 4) is 46.0 Å². The van der Waals surface area contributed by atoms with Crippen molar-refractivity contribution in [2.24, 2.45) is 0 Å². The number of rotatable bonds is 32. The van der Waals surface area contributed by atoms with Gasteiger partial charge < -0.3 is 87.0 Å². The van der Waals surface area contributed by atoms with Gasteiger partial charge in [0.2, 0.25) is 10.5 Å². The number of alkyl halides is 8. The quantitative estimate of drug-likeness (QED) is 0.0173. The summed E-state index contributed by atoms with van der Waals surface area (Å²) < 4.78 is 215. The average molecular weight is 2070 g/mol. The molecule has 24 nitrogen and oxygen atoms in total. The van der Waals surface area contributed by atoms with Gasteiger partial charge in [0.1, 0.15) is 17.4 Å². The monoisotopic (exact) mass is 2070 g/mol. The van der Waals surface area contributed by atoms with Crippen LogP contribution in [0.2, 0.25) is 0 Å². The summed E-state index contributed by atoms with van der Waals surface area (Å²) in [4.78, 5) is 47.5. The van der Waals surface area contributed by atoms with E-state index in [2.05, 4.69) is 73.1 Å². The fourth-order valence-electron chi connectivity index (χ4n) is 17.1. The van der Waals surface area contributed by atoms with Crippen molar-refractivity contribution < 1.29 is 144 Å². The van der Waals surface area contributed by atoms with Gasteiger partial charge in [-0.2, -0.15) is 8.42 Å². The third-order valence-electron chi connectivity index (χ3n) is 25.1. The van der Waals surface area contributed by atoms with Crippen molar-refractivity contribution in [1.82, 2.24) is 9.13 Å². The topological polar surface area (TPSA) is 310 Å². The summed E-state index contributed by atoms with van der Waals surface area (Å²) in [5.74, 6) is -2.74. The molecule has 4 aliphatic heterocycles. The van der Waals surface area contributed by atoms with Crippen LogP contribution >= 0.6 is 44.6 Å². The maximum atomic E-state index is 16.0. The Kier molecular flexibility index (Phi) is 30.8. The van der Waals surface area contributed by atoms with Crippen LogP contribution in [0.4, 0.5) is 49.6 Å². The molecular weight excluding hydrogens is 1980 g/mol. The van der Waals surface area contributed by atoms with Crippen LogP contribution in [0.3, 0.4) is 0 Å². The third-order valence-corrected chi connectivity index (χ3v) is 25.8. The van der Waals surface area contributed by atoms with E-state index in [1.807, 2.05) is 156 Å². The second-order valence-electron chi connectivity index (χ2n) is 36.7. The number of hydrogen-bond donors (Lipinski definition) is 4. The van der Waals surface area contributed by atoms with E-state index in [9.17, 15) is 68.9 Å². The molecule has 0 spiro atoms. The van der Waals surface area contributed by atoms with Crippen LogP contribution in [0.5, 0.6) is 46.0 Å².